The van der Waals surface area contributed by atoms with Crippen molar-refractivity contribution in [2.45, 2.75) is 13.5 Å². The molecule has 4 N–H and O–H groups in total. The molecule has 0 fully saturated rings. The van der Waals surface area contributed by atoms with Crippen molar-refractivity contribution in [3.8, 4) is 17.0 Å². The van der Waals surface area contributed by atoms with Crippen molar-refractivity contribution in [2.24, 2.45) is 0 Å². The summed E-state index contributed by atoms with van der Waals surface area (Å²) in [6, 6.07) is 17.4. The fourth-order valence-electron chi connectivity index (χ4n) is 3.86. The minimum Gasteiger partial charge on any atom is -0.496 e. The summed E-state index contributed by atoms with van der Waals surface area (Å²) in [4.78, 5) is 34.3. The number of rotatable bonds is 8. The van der Waals surface area contributed by atoms with E-state index in [4.69, 9.17) is 4.74 Å². The summed E-state index contributed by atoms with van der Waals surface area (Å²) in [6.45, 7) is 2.14. The van der Waals surface area contributed by atoms with Gasteiger partial charge in [-0.2, -0.15) is 0 Å². The average Bonchev–Trinajstić information content (AvgIpc) is 2.91. The van der Waals surface area contributed by atoms with Gasteiger partial charge in [-0.1, -0.05) is 18.2 Å². The number of nitrogens with one attached hydrogen (secondary N) is 3. The maximum atomic E-state index is 12.9. The van der Waals surface area contributed by atoms with Crippen LogP contribution >= 0.6 is 0 Å². The highest BCUT2D eigenvalue weighted by atomic mass is 16.5. The molecule has 4 rings (SSSR count). The molecule has 0 saturated heterocycles. The van der Waals surface area contributed by atoms with Gasteiger partial charge in [-0.3, -0.25) is 9.59 Å². The van der Waals surface area contributed by atoms with Gasteiger partial charge in [0.25, 0.3) is 11.8 Å². The van der Waals surface area contributed by atoms with Gasteiger partial charge in [0.15, 0.2) is 0 Å². The first-order valence-corrected chi connectivity index (χ1v) is 11.4. The Morgan fingerprint density at radius 2 is 1.72 bits per heavy atom. The van der Waals surface area contributed by atoms with Crippen LogP contribution in [0.2, 0.25) is 0 Å². The number of amides is 2. The van der Waals surface area contributed by atoms with E-state index in [0.717, 1.165) is 10.9 Å². The molecule has 0 spiro atoms. The fourth-order valence-corrected chi connectivity index (χ4v) is 3.86. The van der Waals surface area contributed by atoms with Crippen molar-refractivity contribution < 1.29 is 19.4 Å². The van der Waals surface area contributed by atoms with Crippen molar-refractivity contribution >= 4 is 34.4 Å². The van der Waals surface area contributed by atoms with E-state index >= 15 is 0 Å². The van der Waals surface area contributed by atoms with E-state index in [0.29, 0.717) is 51.8 Å². The molecule has 0 saturated carbocycles. The number of hydrogen-bond acceptors (Lipinski definition) is 7. The number of fused-ring (bicyclic) bond motifs is 1. The number of ether oxygens (including phenoxy) is 1. The summed E-state index contributed by atoms with van der Waals surface area (Å²) >= 11 is 0. The van der Waals surface area contributed by atoms with Crippen LogP contribution in [0.5, 0.6) is 5.75 Å². The molecule has 0 atom stereocenters. The zero-order valence-electron chi connectivity index (χ0n) is 20.3. The van der Waals surface area contributed by atoms with Crippen LogP contribution in [-0.4, -0.2) is 47.6 Å². The van der Waals surface area contributed by atoms with E-state index in [9.17, 15) is 14.7 Å². The molecular formula is C27H27N5O4. The third-order valence-electron chi connectivity index (χ3n) is 5.61. The molecule has 0 unspecified atom stereocenters. The van der Waals surface area contributed by atoms with Gasteiger partial charge in [0.05, 0.1) is 24.9 Å². The van der Waals surface area contributed by atoms with Crippen LogP contribution < -0.4 is 20.7 Å². The highest BCUT2D eigenvalue weighted by molar-refractivity contribution is 6.06. The highest BCUT2D eigenvalue weighted by Gasteiger charge is 2.15. The summed E-state index contributed by atoms with van der Waals surface area (Å²) in [5, 5.41) is 19.1. The van der Waals surface area contributed by atoms with Crippen LogP contribution in [0.4, 0.5) is 11.6 Å². The van der Waals surface area contributed by atoms with Gasteiger partial charge in [0.2, 0.25) is 5.95 Å². The van der Waals surface area contributed by atoms with Crippen LogP contribution in [0, 0.1) is 0 Å². The number of aromatic nitrogens is 2. The van der Waals surface area contributed by atoms with Gasteiger partial charge in [-0.15, -0.1) is 0 Å². The largest absolute Gasteiger partial charge is 0.496 e. The fraction of sp³-hybridized carbons (Fsp3) is 0.185. The van der Waals surface area contributed by atoms with E-state index < -0.39 is 0 Å². The first kappa shape index (κ1) is 24.6. The Labute approximate surface area is 208 Å². The number of aliphatic hydroxyl groups is 1. The maximum Gasteiger partial charge on any atom is 0.255 e. The molecule has 3 aromatic carbocycles. The Morgan fingerprint density at radius 3 is 2.42 bits per heavy atom. The standard InChI is InChI=1S/C27H27N5O4/c1-4-29-25(34)17-8-5-9-18(11-17)26(35)30-20-10-6-7-16(12-20)24-21-13-19(15-33)23(36-3)14-22(21)31-27(28-2)32-24/h5-14,33H,4,15H2,1-3H3,(H,29,34)(H,30,35)(H,28,31,32). The smallest absolute Gasteiger partial charge is 0.255 e. The molecule has 0 bridgehead atoms. The lowest BCUT2D eigenvalue weighted by molar-refractivity contribution is 0.0956. The maximum absolute atomic E-state index is 12.9. The summed E-state index contributed by atoms with van der Waals surface area (Å²) in [5.41, 5.74) is 4.00. The van der Waals surface area contributed by atoms with Crippen LogP contribution in [0.25, 0.3) is 22.2 Å². The number of hydrogen-bond donors (Lipinski definition) is 4. The van der Waals surface area contributed by atoms with Crippen molar-refractivity contribution in [3.63, 3.8) is 0 Å². The van der Waals surface area contributed by atoms with Crippen molar-refractivity contribution in [1.29, 1.82) is 0 Å². The Morgan fingerprint density at radius 1 is 0.972 bits per heavy atom. The number of nitrogens with zero attached hydrogens (tertiary/aromatic N) is 2. The topological polar surface area (TPSA) is 125 Å². The molecule has 184 valence electrons. The van der Waals surface area contributed by atoms with E-state index in [1.807, 2.05) is 25.1 Å². The lowest BCUT2D eigenvalue weighted by atomic mass is 10.0. The van der Waals surface area contributed by atoms with Gasteiger partial charge in [0.1, 0.15) is 5.75 Å². The normalized spacial score (nSPS) is 10.7. The second kappa shape index (κ2) is 10.8. The number of anilines is 2. The number of methoxy groups -OCH3 is 1. The second-order valence-corrected chi connectivity index (χ2v) is 7.96. The van der Waals surface area contributed by atoms with Crippen LogP contribution in [0.1, 0.15) is 33.2 Å². The van der Waals surface area contributed by atoms with E-state index in [1.54, 1.807) is 56.6 Å². The Balaban J connectivity index is 1.70. The van der Waals surface area contributed by atoms with Crippen LogP contribution in [0.15, 0.2) is 60.7 Å². The molecule has 1 heterocycles. The average molecular weight is 486 g/mol. The molecule has 0 radical (unpaired) electrons. The SMILES string of the molecule is CCNC(=O)c1cccc(C(=O)Nc2cccc(-c3nc(NC)nc4cc(OC)c(CO)cc34)c2)c1. The first-order chi connectivity index (χ1) is 17.5. The summed E-state index contributed by atoms with van der Waals surface area (Å²) in [5.74, 6) is 0.388. The van der Waals surface area contributed by atoms with Gasteiger partial charge >= 0.3 is 0 Å². The predicted octanol–water partition coefficient (Wildman–Crippen LogP) is 3.84. The highest BCUT2D eigenvalue weighted by Crippen LogP contribution is 2.33. The first-order valence-electron chi connectivity index (χ1n) is 11.4. The van der Waals surface area contributed by atoms with Gasteiger partial charge in [-0.25, -0.2) is 9.97 Å². The molecule has 1 aromatic heterocycles. The molecule has 36 heavy (non-hydrogen) atoms. The third kappa shape index (κ3) is 5.11. The third-order valence-corrected chi connectivity index (χ3v) is 5.61. The number of aliphatic hydroxyl groups excluding tert-OH is 1. The monoisotopic (exact) mass is 485 g/mol. The molecule has 2 amide bonds. The predicted molar refractivity (Wildman–Crippen MR) is 139 cm³/mol. The van der Waals surface area contributed by atoms with Gasteiger partial charge in [-0.05, 0) is 43.3 Å². The second-order valence-electron chi connectivity index (χ2n) is 7.96. The summed E-state index contributed by atoms with van der Waals surface area (Å²) < 4.78 is 5.39. The number of carbonyl (C=O) groups is 2. The summed E-state index contributed by atoms with van der Waals surface area (Å²) in [6.07, 6.45) is 0. The molecular weight excluding hydrogens is 458 g/mol. The quantitative estimate of drug-likeness (QED) is 0.299. The molecule has 9 nitrogen and oxygen atoms in total. The van der Waals surface area contributed by atoms with E-state index in [1.165, 1.54) is 0 Å². The number of benzene rings is 3. The minimum atomic E-state index is -0.339. The Hall–Kier alpha value is -4.50. The zero-order valence-corrected chi connectivity index (χ0v) is 20.3. The molecule has 0 aliphatic rings. The molecule has 4 aromatic rings. The van der Waals surface area contributed by atoms with Gasteiger partial charge < -0.3 is 25.8 Å². The number of carbonyl (C=O) groups excluding carboxylic acids is 2. The molecule has 0 aliphatic heterocycles. The lowest BCUT2D eigenvalue weighted by Gasteiger charge is -2.13. The van der Waals surface area contributed by atoms with Gasteiger partial charge in [0, 0.05) is 53.0 Å². The molecule has 0 aliphatic carbocycles. The zero-order chi connectivity index (χ0) is 25.7. The lowest BCUT2D eigenvalue weighted by Crippen LogP contribution is -2.23. The van der Waals surface area contributed by atoms with Crippen molar-refractivity contribution in [2.75, 3.05) is 31.3 Å². The minimum absolute atomic E-state index is 0.197. The van der Waals surface area contributed by atoms with E-state index in [2.05, 4.69) is 25.9 Å². The van der Waals surface area contributed by atoms with Crippen molar-refractivity contribution in [3.05, 3.63) is 77.4 Å². The van der Waals surface area contributed by atoms with Crippen molar-refractivity contribution in [1.82, 2.24) is 15.3 Å². The Kier molecular flexibility index (Phi) is 7.41. The summed E-state index contributed by atoms with van der Waals surface area (Å²) in [7, 11) is 3.27. The Bertz CT molecular complexity index is 1440. The molecule has 9 heteroatoms. The van der Waals surface area contributed by atoms with Crippen LogP contribution in [0.3, 0.4) is 0 Å². The van der Waals surface area contributed by atoms with Crippen LogP contribution in [-0.2, 0) is 6.61 Å². The van der Waals surface area contributed by atoms with E-state index in [-0.39, 0.29) is 18.4 Å².